The van der Waals surface area contributed by atoms with Gasteiger partial charge in [0, 0.05) is 18.9 Å². The second-order valence-corrected chi connectivity index (χ2v) is 9.11. The third kappa shape index (κ3) is 4.82. The highest BCUT2D eigenvalue weighted by molar-refractivity contribution is 6.13. The SMILES string of the molecule is CN(C)Cc1ccc2c(c1)C(CC(=O)C1CCCCCC1)=NC(C)(C)C2. The minimum absolute atomic E-state index is 0.116. The zero-order chi connectivity index (χ0) is 18.7. The second kappa shape index (κ2) is 8.04. The van der Waals surface area contributed by atoms with Crippen LogP contribution in [0.4, 0.5) is 0 Å². The summed E-state index contributed by atoms with van der Waals surface area (Å²) < 4.78 is 0. The number of hydrogen-bond acceptors (Lipinski definition) is 3. The van der Waals surface area contributed by atoms with Crippen molar-refractivity contribution < 1.29 is 4.79 Å². The third-order valence-corrected chi connectivity index (χ3v) is 5.70. The number of benzene rings is 1. The van der Waals surface area contributed by atoms with Crippen molar-refractivity contribution in [3.63, 3.8) is 0 Å². The van der Waals surface area contributed by atoms with Gasteiger partial charge in [-0.15, -0.1) is 0 Å². The highest BCUT2D eigenvalue weighted by Gasteiger charge is 2.29. The Morgan fingerprint density at radius 3 is 2.50 bits per heavy atom. The fraction of sp³-hybridized carbons (Fsp3) is 0.652. The quantitative estimate of drug-likeness (QED) is 0.711. The van der Waals surface area contributed by atoms with Gasteiger partial charge in [-0.2, -0.15) is 0 Å². The lowest BCUT2D eigenvalue weighted by atomic mass is 9.83. The van der Waals surface area contributed by atoms with E-state index in [0.717, 1.165) is 31.5 Å². The first-order valence-corrected chi connectivity index (χ1v) is 10.2. The molecule has 0 bridgehead atoms. The van der Waals surface area contributed by atoms with Crippen LogP contribution >= 0.6 is 0 Å². The molecule has 3 heteroatoms. The number of aliphatic imine (C=N–C) groups is 1. The highest BCUT2D eigenvalue weighted by atomic mass is 16.1. The highest BCUT2D eigenvalue weighted by Crippen LogP contribution is 2.31. The van der Waals surface area contributed by atoms with Crippen molar-refractivity contribution in [2.24, 2.45) is 10.9 Å². The van der Waals surface area contributed by atoms with Crippen LogP contribution in [0.1, 0.15) is 75.5 Å². The Labute approximate surface area is 158 Å². The largest absolute Gasteiger partial charge is 0.305 e. The lowest BCUT2D eigenvalue weighted by molar-refractivity contribution is -0.122. The topological polar surface area (TPSA) is 32.7 Å². The maximum Gasteiger partial charge on any atom is 0.141 e. The number of carbonyl (C=O) groups is 1. The van der Waals surface area contributed by atoms with Crippen molar-refractivity contribution in [1.29, 1.82) is 0 Å². The molecule has 1 aliphatic heterocycles. The summed E-state index contributed by atoms with van der Waals surface area (Å²) in [5, 5.41) is 0. The monoisotopic (exact) mass is 354 g/mol. The third-order valence-electron chi connectivity index (χ3n) is 5.70. The van der Waals surface area contributed by atoms with E-state index < -0.39 is 0 Å². The fourth-order valence-electron chi connectivity index (χ4n) is 4.49. The number of fused-ring (bicyclic) bond motifs is 1. The summed E-state index contributed by atoms with van der Waals surface area (Å²) in [5.41, 5.74) is 4.76. The molecule has 0 saturated heterocycles. The van der Waals surface area contributed by atoms with E-state index in [1.54, 1.807) is 0 Å². The molecule has 0 atom stereocenters. The average Bonchev–Trinajstić information content (AvgIpc) is 2.83. The van der Waals surface area contributed by atoms with Crippen LogP contribution in [0.3, 0.4) is 0 Å². The summed E-state index contributed by atoms with van der Waals surface area (Å²) in [4.78, 5) is 20.2. The van der Waals surface area contributed by atoms with E-state index in [9.17, 15) is 4.79 Å². The van der Waals surface area contributed by atoms with E-state index >= 15 is 0 Å². The first-order valence-electron chi connectivity index (χ1n) is 10.2. The molecule has 1 saturated carbocycles. The Morgan fingerprint density at radius 2 is 1.85 bits per heavy atom. The second-order valence-electron chi connectivity index (χ2n) is 9.11. The Morgan fingerprint density at radius 1 is 1.15 bits per heavy atom. The van der Waals surface area contributed by atoms with Crippen LogP contribution in [-0.2, 0) is 17.8 Å². The zero-order valence-corrected chi connectivity index (χ0v) is 17.0. The van der Waals surface area contributed by atoms with Gasteiger partial charge in [0.1, 0.15) is 5.78 Å². The van der Waals surface area contributed by atoms with Gasteiger partial charge in [0.2, 0.25) is 0 Å². The van der Waals surface area contributed by atoms with Crippen molar-refractivity contribution in [2.45, 2.75) is 77.3 Å². The molecular weight excluding hydrogens is 320 g/mol. The number of nitrogens with zero attached hydrogens (tertiary/aromatic N) is 2. The maximum absolute atomic E-state index is 13.0. The minimum Gasteiger partial charge on any atom is -0.305 e. The van der Waals surface area contributed by atoms with Crippen LogP contribution in [0.15, 0.2) is 23.2 Å². The number of hydrogen-bond donors (Lipinski definition) is 0. The summed E-state index contributed by atoms with van der Waals surface area (Å²) in [7, 11) is 4.18. The first kappa shape index (κ1) is 19.3. The van der Waals surface area contributed by atoms with Gasteiger partial charge in [-0.25, -0.2) is 0 Å². The van der Waals surface area contributed by atoms with Gasteiger partial charge < -0.3 is 4.90 Å². The molecular formula is C23H34N2O. The molecule has 1 aromatic rings. The Hall–Kier alpha value is -1.48. The van der Waals surface area contributed by atoms with Crippen molar-refractivity contribution in [3.05, 3.63) is 34.9 Å². The normalized spacial score (nSPS) is 20.4. The van der Waals surface area contributed by atoms with Crippen molar-refractivity contribution in [2.75, 3.05) is 14.1 Å². The van der Waals surface area contributed by atoms with E-state index in [1.807, 2.05) is 0 Å². The van der Waals surface area contributed by atoms with E-state index in [1.165, 1.54) is 42.4 Å². The van der Waals surface area contributed by atoms with Gasteiger partial charge in [0.15, 0.2) is 0 Å². The molecule has 0 amide bonds. The summed E-state index contributed by atoms with van der Waals surface area (Å²) in [6.07, 6.45) is 8.59. The van der Waals surface area contributed by atoms with E-state index in [4.69, 9.17) is 4.99 Å². The maximum atomic E-state index is 13.0. The molecule has 0 N–H and O–H groups in total. The number of carbonyl (C=O) groups excluding carboxylic acids is 1. The Kier molecular flexibility index (Phi) is 5.96. The van der Waals surface area contributed by atoms with E-state index in [2.05, 4.69) is 51.0 Å². The lowest BCUT2D eigenvalue weighted by Crippen LogP contribution is -2.31. The molecule has 0 radical (unpaired) electrons. The molecule has 3 rings (SSSR count). The minimum atomic E-state index is -0.116. The predicted molar refractivity (Wildman–Crippen MR) is 109 cm³/mol. The summed E-state index contributed by atoms with van der Waals surface area (Å²) in [6.45, 7) is 5.28. The van der Waals surface area contributed by atoms with Crippen molar-refractivity contribution >= 4 is 11.5 Å². The Balaban J connectivity index is 1.85. The smallest absolute Gasteiger partial charge is 0.141 e. The molecule has 0 spiro atoms. The van der Waals surface area contributed by atoms with Crippen LogP contribution in [0.5, 0.6) is 0 Å². The molecule has 142 valence electrons. The van der Waals surface area contributed by atoms with Gasteiger partial charge in [0.25, 0.3) is 0 Å². The van der Waals surface area contributed by atoms with Crippen LogP contribution < -0.4 is 0 Å². The van der Waals surface area contributed by atoms with Crippen LogP contribution in [0, 0.1) is 5.92 Å². The molecule has 1 aromatic carbocycles. The van der Waals surface area contributed by atoms with Crippen LogP contribution in [0.2, 0.25) is 0 Å². The summed E-state index contributed by atoms with van der Waals surface area (Å²) in [5.74, 6) is 0.658. The van der Waals surface area contributed by atoms with E-state index in [-0.39, 0.29) is 11.5 Å². The molecule has 0 unspecified atom stereocenters. The molecule has 0 aromatic heterocycles. The first-order chi connectivity index (χ1) is 12.3. The number of ketones is 1. The molecule has 2 aliphatic rings. The average molecular weight is 355 g/mol. The fourth-order valence-corrected chi connectivity index (χ4v) is 4.49. The standard InChI is InChI=1S/C23H34N2O/c1-23(2)15-19-12-11-17(16-25(3)4)13-20(19)21(24-23)14-22(26)18-9-7-5-6-8-10-18/h11-13,18H,5-10,14-16H2,1-4H3. The zero-order valence-electron chi connectivity index (χ0n) is 17.0. The van der Waals surface area contributed by atoms with Gasteiger partial charge in [-0.05, 0) is 70.0 Å². The summed E-state index contributed by atoms with van der Waals surface area (Å²) in [6, 6.07) is 6.75. The van der Waals surface area contributed by atoms with Gasteiger partial charge in [-0.3, -0.25) is 9.79 Å². The molecule has 26 heavy (non-hydrogen) atoms. The van der Waals surface area contributed by atoms with E-state index in [0.29, 0.717) is 12.2 Å². The predicted octanol–water partition coefficient (Wildman–Crippen LogP) is 4.80. The number of rotatable bonds is 5. The molecule has 1 heterocycles. The molecule has 1 aliphatic carbocycles. The molecule has 3 nitrogen and oxygen atoms in total. The number of Topliss-reactive ketones (excluding diaryl/α,β-unsaturated/α-hetero) is 1. The van der Waals surface area contributed by atoms with Gasteiger partial charge in [-0.1, -0.05) is 37.8 Å². The van der Waals surface area contributed by atoms with Gasteiger partial charge in [0.05, 0.1) is 11.3 Å². The molecule has 1 fully saturated rings. The van der Waals surface area contributed by atoms with Crippen molar-refractivity contribution in [1.82, 2.24) is 4.90 Å². The summed E-state index contributed by atoms with van der Waals surface area (Å²) >= 11 is 0. The van der Waals surface area contributed by atoms with Crippen LogP contribution in [-0.4, -0.2) is 36.0 Å². The van der Waals surface area contributed by atoms with Crippen LogP contribution in [0.25, 0.3) is 0 Å². The van der Waals surface area contributed by atoms with Gasteiger partial charge >= 0.3 is 0 Å². The lowest BCUT2D eigenvalue weighted by Gasteiger charge is -2.30. The van der Waals surface area contributed by atoms with Crippen molar-refractivity contribution in [3.8, 4) is 0 Å². The Bertz CT molecular complexity index is 679.